The second-order valence-corrected chi connectivity index (χ2v) is 5.09. The molecule has 1 aromatic carbocycles. The second kappa shape index (κ2) is 5.33. The Bertz CT molecular complexity index is 834. The van der Waals surface area contributed by atoms with Gasteiger partial charge >= 0.3 is 5.69 Å². The standard InChI is InChI=1S/C13H9N5O2S/c14-11-6-5-10(18(19)20)13(17-11)21-12-8-3-1-2-4-9(8)15-7-16-12/h1-7H,(H2,14,17). The summed E-state index contributed by atoms with van der Waals surface area (Å²) < 4.78 is 0. The first-order valence-electron chi connectivity index (χ1n) is 5.93. The van der Waals surface area contributed by atoms with Crippen molar-refractivity contribution in [2.24, 2.45) is 0 Å². The van der Waals surface area contributed by atoms with Crippen molar-refractivity contribution < 1.29 is 4.92 Å². The van der Waals surface area contributed by atoms with Crippen LogP contribution < -0.4 is 5.73 Å². The molecular weight excluding hydrogens is 290 g/mol. The van der Waals surface area contributed by atoms with E-state index in [1.807, 2.05) is 24.3 Å². The molecule has 0 aliphatic rings. The first-order chi connectivity index (χ1) is 10.1. The molecule has 0 amide bonds. The van der Waals surface area contributed by atoms with Crippen LogP contribution >= 0.6 is 11.8 Å². The molecule has 2 aromatic heterocycles. The van der Waals surface area contributed by atoms with Gasteiger partial charge in [0.05, 0.1) is 10.4 Å². The van der Waals surface area contributed by atoms with Gasteiger partial charge in [0.25, 0.3) is 0 Å². The van der Waals surface area contributed by atoms with Crippen LogP contribution in [0, 0.1) is 10.1 Å². The zero-order valence-corrected chi connectivity index (χ0v) is 11.4. The molecule has 0 unspecified atom stereocenters. The highest BCUT2D eigenvalue weighted by atomic mass is 32.2. The van der Waals surface area contributed by atoms with Gasteiger partial charge in [0, 0.05) is 11.5 Å². The number of nitrogens with two attached hydrogens (primary N) is 1. The summed E-state index contributed by atoms with van der Waals surface area (Å²) in [6.45, 7) is 0. The number of pyridine rings is 1. The van der Waals surface area contributed by atoms with Crippen LogP contribution in [0.15, 0.2) is 52.8 Å². The van der Waals surface area contributed by atoms with Crippen molar-refractivity contribution in [1.29, 1.82) is 0 Å². The molecule has 7 nitrogen and oxygen atoms in total. The lowest BCUT2D eigenvalue weighted by molar-refractivity contribution is -0.388. The molecule has 21 heavy (non-hydrogen) atoms. The molecule has 0 saturated carbocycles. The number of nitrogen functional groups attached to an aromatic ring is 1. The van der Waals surface area contributed by atoms with E-state index in [9.17, 15) is 10.1 Å². The van der Waals surface area contributed by atoms with E-state index in [4.69, 9.17) is 5.73 Å². The third-order valence-corrected chi connectivity index (χ3v) is 3.77. The van der Waals surface area contributed by atoms with Gasteiger partial charge in [0.2, 0.25) is 0 Å². The largest absolute Gasteiger partial charge is 0.384 e. The van der Waals surface area contributed by atoms with Crippen molar-refractivity contribution in [2.45, 2.75) is 10.1 Å². The Hall–Kier alpha value is -2.74. The van der Waals surface area contributed by atoms with Gasteiger partial charge < -0.3 is 5.73 Å². The summed E-state index contributed by atoms with van der Waals surface area (Å²) >= 11 is 1.10. The third-order valence-electron chi connectivity index (χ3n) is 2.76. The first kappa shape index (κ1) is 13.3. The minimum atomic E-state index is -0.488. The van der Waals surface area contributed by atoms with E-state index in [0.29, 0.717) is 5.03 Å². The fourth-order valence-electron chi connectivity index (χ4n) is 1.81. The molecular formula is C13H9N5O2S. The predicted molar refractivity (Wildman–Crippen MR) is 79.0 cm³/mol. The minimum absolute atomic E-state index is 0.100. The fraction of sp³-hybridized carbons (Fsp3) is 0. The summed E-state index contributed by atoms with van der Waals surface area (Å²) in [4.78, 5) is 22.9. The molecule has 3 aromatic rings. The summed E-state index contributed by atoms with van der Waals surface area (Å²) in [5.41, 5.74) is 6.28. The van der Waals surface area contributed by atoms with Crippen LogP contribution in [0.3, 0.4) is 0 Å². The van der Waals surface area contributed by atoms with Crippen LogP contribution in [0.25, 0.3) is 10.9 Å². The molecule has 0 atom stereocenters. The molecule has 0 saturated heterocycles. The van der Waals surface area contributed by atoms with Crippen LogP contribution in [-0.2, 0) is 0 Å². The Morgan fingerprint density at radius 2 is 1.90 bits per heavy atom. The molecule has 0 fully saturated rings. The van der Waals surface area contributed by atoms with Crippen LogP contribution in [0.4, 0.5) is 11.5 Å². The highest BCUT2D eigenvalue weighted by Crippen LogP contribution is 2.35. The number of fused-ring (bicyclic) bond motifs is 1. The summed E-state index contributed by atoms with van der Waals surface area (Å²) in [6, 6.07) is 10.2. The van der Waals surface area contributed by atoms with Crippen molar-refractivity contribution >= 4 is 34.2 Å². The maximum atomic E-state index is 11.1. The molecule has 3 rings (SSSR count). The van der Waals surface area contributed by atoms with Gasteiger partial charge in [-0.05, 0) is 23.9 Å². The molecule has 2 N–H and O–H groups in total. The Balaban J connectivity index is 2.11. The van der Waals surface area contributed by atoms with Gasteiger partial charge in [-0.2, -0.15) is 0 Å². The van der Waals surface area contributed by atoms with Crippen molar-refractivity contribution in [2.75, 3.05) is 5.73 Å². The molecule has 2 heterocycles. The topological polar surface area (TPSA) is 108 Å². The number of nitrogens with zero attached hydrogens (tertiary/aromatic N) is 4. The van der Waals surface area contributed by atoms with Crippen LogP contribution in [0.1, 0.15) is 0 Å². The fourth-order valence-corrected chi connectivity index (χ4v) is 2.78. The summed E-state index contributed by atoms with van der Waals surface area (Å²) in [6.07, 6.45) is 1.42. The molecule has 0 aliphatic carbocycles. The predicted octanol–water partition coefficient (Wildman–Crippen LogP) is 2.67. The molecule has 104 valence electrons. The molecule has 0 radical (unpaired) electrons. The Labute approximate surface area is 123 Å². The molecule has 0 bridgehead atoms. The number of hydrogen-bond acceptors (Lipinski definition) is 7. The molecule has 8 heteroatoms. The maximum Gasteiger partial charge on any atom is 0.301 e. The quantitative estimate of drug-likeness (QED) is 0.450. The third kappa shape index (κ3) is 2.61. The highest BCUT2D eigenvalue weighted by Gasteiger charge is 2.18. The summed E-state index contributed by atoms with van der Waals surface area (Å²) in [5.74, 6) is 0.224. The van der Waals surface area contributed by atoms with Crippen molar-refractivity contribution in [3.8, 4) is 0 Å². The van der Waals surface area contributed by atoms with Gasteiger partial charge in [0.15, 0.2) is 5.03 Å². The lowest BCUT2D eigenvalue weighted by Crippen LogP contribution is -1.97. The van der Waals surface area contributed by atoms with E-state index in [1.165, 1.54) is 18.5 Å². The van der Waals surface area contributed by atoms with Crippen molar-refractivity contribution in [3.63, 3.8) is 0 Å². The SMILES string of the molecule is Nc1ccc([N+](=O)[O-])c(Sc2ncnc3ccccc23)n1. The van der Waals surface area contributed by atoms with Crippen LogP contribution in [0.5, 0.6) is 0 Å². The number of aromatic nitrogens is 3. The Kier molecular flexibility index (Phi) is 3.36. The number of para-hydroxylation sites is 1. The van der Waals surface area contributed by atoms with E-state index in [2.05, 4.69) is 15.0 Å². The monoisotopic (exact) mass is 299 g/mol. The summed E-state index contributed by atoms with van der Waals surface area (Å²) in [5, 5.41) is 12.7. The van der Waals surface area contributed by atoms with Crippen LogP contribution in [-0.4, -0.2) is 19.9 Å². The van der Waals surface area contributed by atoms with Gasteiger partial charge in [-0.25, -0.2) is 15.0 Å². The number of hydrogen-bond donors (Lipinski definition) is 1. The summed E-state index contributed by atoms with van der Waals surface area (Å²) in [7, 11) is 0. The molecule has 0 aliphatic heterocycles. The lowest BCUT2D eigenvalue weighted by Gasteiger charge is -2.05. The van der Waals surface area contributed by atoms with Gasteiger partial charge in [-0.1, -0.05) is 18.2 Å². The zero-order valence-electron chi connectivity index (χ0n) is 10.6. The van der Waals surface area contributed by atoms with E-state index >= 15 is 0 Å². The van der Waals surface area contributed by atoms with Crippen molar-refractivity contribution in [3.05, 3.63) is 52.8 Å². The Morgan fingerprint density at radius 3 is 2.71 bits per heavy atom. The van der Waals surface area contributed by atoms with Gasteiger partial charge in [-0.15, -0.1) is 0 Å². The van der Waals surface area contributed by atoms with Gasteiger partial charge in [-0.3, -0.25) is 10.1 Å². The van der Waals surface area contributed by atoms with E-state index in [-0.39, 0.29) is 16.5 Å². The average Bonchev–Trinajstić information content (AvgIpc) is 2.47. The Morgan fingerprint density at radius 1 is 1.10 bits per heavy atom. The normalized spacial score (nSPS) is 10.7. The lowest BCUT2D eigenvalue weighted by atomic mass is 10.2. The number of rotatable bonds is 3. The van der Waals surface area contributed by atoms with Crippen LogP contribution in [0.2, 0.25) is 0 Å². The smallest absolute Gasteiger partial charge is 0.301 e. The highest BCUT2D eigenvalue weighted by molar-refractivity contribution is 7.99. The average molecular weight is 299 g/mol. The zero-order chi connectivity index (χ0) is 14.8. The minimum Gasteiger partial charge on any atom is -0.384 e. The van der Waals surface area contributed by atoms with E-state index in [0.717, 1.165) is 22.7 Å². The number of benzene rings is 1. The van der Waals surface area contributed by atoms with Crippen molar-refractivity contribution in [1.82, 2.24) is 15.0 Å². The molecule has 0 spiro atoms. The van der Waals surface area contributed by atoms with E-state index < -0.39 is 4.92 Å². The number of nitro groups is 1. The maximum absolute atomic E-state index is 11.1. The first-order valence-corrected chi connectivity index (χ1v) is 6.75. The van der Waals surface area contributed by atoms with E-state index in [1.54, 1.807) is 0 Å². The number of anilines is 1. The second-order valence-electron chi connectivity index (χ2n) is 4.12. The van der Waals surface area contributed by atoms with Gasteiger partial charge in [0.1, 0.15) is 17.2 Å².